The highest BCUT2D eigenvalue weighted by atomic mass is 19.1. The molecule has 11 nitrogen and oxygen atoms in total. The lowest BCUT2D eigenvalue weighted by Crippen LogP contribution is -2.58. The van der Waals surface area contributed by atoms with Gasteiger partial charge in [-0.25, -0.2) is 13.2 Å². The predicted octanol–water partition coefficient (Wildman–Crippen LogP) is 4.95. The number of piperidine rings is 1. The van der Waals surface area contributed by atoms with Gasteiger partial charge in [0.2, 0.25) is 6.41 Å². The van der Waals surface area contributed by atoms with Crippen molar-refractivity contribution in [1.82, 2.24) is 25.2 Å². The van der Waals surface area contributed by atoms with Crippen molar-refractivity contribution in [2.24, 2.45) is 5.41 Å². The molecule has 2 aromatic carbocycles. The van der Waals surface area contributed by atoms with Crippen molar-refractivity contribution in [2.75, 3.05) is 71.2 Å². The van der Waals surface area contributed by atoms with Crippen LogP contribution in [0.15, 0.2) is 30.5 Å². The van der Waals surface area contributed by atoms with Crippen LogP contribution in [0, 0.1) is 17.0 Å². The number of rotatable bonds is 13. The van der Waals surface area contributed by atoms with Crippen molar-refractivity contribution in [3.8, 4) is 23.0 Å². The molecule has 4 heterocycles. The minimum atomic E-state index is -1.31. The summed E-state index contributed by atoms with van der Waals surface area (Å²) in [4.78, 5) is 29.3. The molecule has 0 radical (unpaired) electrons. The summed E-state index contributed by atoms with van der Waals surface area (Å²) in [6.07, 6.45) is 3.52. The SMILES string of the molecule is COCCCc1c(F)ccc2cc(O)cc(-c3ncc4c(N5CC(F)CC(C)(NC=O)C5)nc(OCC5(CN6CCOCC6)CC5)nc4c3F)c12. The number of carbonyl (C=O) groups is 1. The predicted molar refractivity (Wildman–Crippen MR) is 186 cm³/mol. The minimum Gasteiger partial charge on any atom is -0.508 e. The monoisotopic (exact) mass is 708 g/mol. The molecule has 3 aliphatic rings. The van der Waals surface area contributed by atoms with Gasteiger partial charge in [-0.3, -0.25) is 14.7 Å². The molecule has 14 heteroatoms. The normalized spacial score (nSPS) is 22.0. The van der Waals surface area contributed by atoms with E-state index in [1.165, 1.54) is 30.5 Å². The number of anilines is 1. The van der Waals surface area contributed by atoms with E-state index in [0.717, 1.165) is 32.5 Å². The Morgan fingerprint density at radius 3 is 2.73 bits per heavy atom. The second-order valence-electron chi connectivity index (χ2n) is 14.4. The molecule has 51 heavy (non-hydrogen) atoms. The number of aryl methyl sites for hydroxylation is 1. The Morgan fingerprint density at radius 1 is 1.18 bits per heavy atom. The number of phenols is 1. The molecule has 7 rings (SSSR count). The number of methoxy groups -OCH3 is 1. The summed E-state index contributed by atoms with van der Waals surface area (Å²) in [5.74, 6) is -1.20. The van der Waals surface area contributed by atoms with Crippen LogP contribution in [0.3, 0.4) is 0 Å². The number of halogens is 3. The zero-order valence-corrected chi connectivity index (χ0v) is 28.9. The summed E-state index contributed by atoms with van der Waals surface area (Å²) in [5, 5.41) is 14.6. The maximum absolute atomic E-state index is 17.1. The van der Waals surface area contributed by atoms with E-state index in [0.29, 0.717) is 62.0 Å². The smallest absolute Gasteiger partial charge is 0.319 e. The summed E-state index contributed by atoms with van der Waals surface area (Å²) in [6.45, 7) is 6.49. The second-order valence-corrected chi connectivity index (χ2v) is 14.4. The zero-order chi connectivity index (χ0) is 35.8. The lowest BCUT2D eigenvalue weighted by molar-refractivity contribution is -0.111. The number of carbonyl (C=O) groups excluding carboxylic acids is 1. The maximum Gasteiger partial charge on any atom is 0.319 e. The fourth-order valence-electron chi connectivity index (χ4n) is 7.57. The Balaban J connectivity index is 1.33. The van der Waals surface area contributed by atoms with E-state index in [1.54, 1.807) is 18.9 Å². The number of hydrogen-bond acceptors (Lipinski definition) is 10. The zero-order valence-electron chi connectivity index (χ0n) is 28.9. The fraction of sp³-hybridized carbons (Fsp3) is 0.514. The number of nitrogens with zero attached hydrogens (tertiary/aromatic N) is 5. The van der Waals surface area contributed by atoms with Crippen LogP contribution in [0.25, 0.3) is 32.9 Å². The lowest BCUT2D eigenvalue weighted by Gasteiger charge is -2.42. The molecule has 1 saturated carbocycles. The first-order valence-corrected chi connectivity index (χ1v) is 17.4. The highest BCUT2D eigenvalue weighted by Crippen LogP contribution is 2.47. The highest BCUT2D eigenvalue weighted by Gasteiger charge is 2.45. The van der Waals surface area contributed by atoms with Crippen LogP contribution in [0.5, 0.6) is 11.8 Å². The molecule has 2 aliphatic heterocycles. The lowest BCUT2D eigenvalue weighted by atomic mass is 9.90. The van der Waals surface area contributed by atoms with Crippen molar-refractivity contribution in [2.45, 2.75) is 50.7 Å². The van der Waals surface area contributed by atoms with Gasteiger partial charge in [-0.1, -0.05) is 6.07 Å². The van der Waals surface area contributed by atoms with E-state index in [1.807, 2.05) is 0 Å². The van der Waals surface area contributed by atoms with Crippen molar-refractivity contribution in [3.05, 3.63) is 47.7 Å². The van der Waals surface area contributed by atoms with Crippen LogP contribution >= 0.6 is 0 Å². The number of fused-ring (bicyclic) bond motifs is 2. The average Bonchev–Trinajstić information content (AvgIpc) is 3.87. The number of hydrogen-bond donors (Lipinski definition) is 2. The van der Waals surface area contributed by atoms with Crippen LogP contribution in [-0.4, -0.2) is 109 Å². The molecule has 2 unspecified atom stereocenters. The molecule has 0 spiro atoms. The van der Waals surface area contributed by atoms with Crippen molar-refractivity contribution in [3.63, 3.8) is 0 Å². The van der Waals surface area contributed by atoms with Gasteiger partial charge in [0.05, 0.1) is 37.3 Å². The molecule has 1 aliphatic carbocycles. The van der Waals surface area contributed by atoms with Crippen LogP contribution in [0.4, 0.5) is 19.0 Å². The Labute approximate surface area is 294 Å². The van der Waals surface area contributed by atoms with Gasteiger partial charge in [0, 0.05) is 63.5 Å². The number of alkyl halides is 1. The maximum atomic E-state index is 17.1. The van der Waals surface area contributed by atoms with Gasteiger partial charge in [-0.2, -0.15) is 9.97 Å². The summed E-state index contributed by atoms with van der Waals surface area (Å²) >= 11 is 0. The van der Waals surface area contributed by atoms with E-state index in [4.69, 9.17) is 19.2 Å². The summed E-state index contributed by atoms with van der Waals surface area (Å²) in [7, 11) is 1.57. The molecule has 2 aromatic heterocycles. The van der Waals surface area contributed by atoms with Crippen LogP contribution in [0.1, 0.15) is 38.2 Å². The number of morpholine rings is 1. The third-order valence-corrected chi connectivity index (χ3v) is 10.3. The second kappa shape index (κ2) is 14.4. The van der Waals surface area contributed by atoms with Gasteiger partial charge >= 0.3 is 6.01 Å². The van der Waals surface area contributed by atoms with Gasteiger partial charge in [0.1, 0.15) is 34.8 Å². The Hall–Kier alpha value is -4.27. The quantitative estimate of drug-likeness (QED) is 0.146. The average molecular weight is 709 g/mol. The molecule has 2 atom stereocenters. The number of amides is 1. The fourth-order valence-corrected chi connectivity index (χ4v) is 7.57. The molecule has 0 bridgehead atoms. The summed E-state index contributed by atoms with van der Waals surface area (Å²) in [6, 6.07) is 5.67. The first-order valence-electron chi connectivity index (χ1n) is 17.4. The third-order valence-electron chi connectivity index (χ3n) is 10.3. The van der Waals surface area contributed by atoms with E-state index in [9.17, 15) is 9.90 Å². The topological polar surface area (TPSA) is 122 Å². The number of ether oxygens (including phenoxy) is 3. The molecular weight excluding hydrogens is 665 g/mol. The Bertz CT molecular complexity index is 1920. The van der Waals surface area contributed by atoms with Gasteiger partial charge in [-0.05, 0) is 67.1 Å². The first-order chi connectivity index (χ1) is 24.6. The third kappa shape index (κ3) is 7.40. The van der Waals surface area contributed by atoms with Gasteiger partial charge in [0.25, 0.3) is 0 Å². The number of benzene rings is 2. The van der Waals surface area contributed by atoms with E-state index in [-0.39, 0.29) is 64.7 Å². The van der Waals surface area contributed by atoms with Crippen LogP contribution < -0.4 is 15.0 Å². The largest absolute Gasteiger partial charge is 0.508 e. The molecular formula is C37H43F3N6O5. The summed E-state index contributed by atoms with van der Waals surface area (Å²) < 4.78 is 64.6. The van der Waals surface area contributed by atoms with Crippen LogP contribution in [0.2, 0.25) is 0 Å². The number of aromatic nitrogens is 3. The number of nitrogens with one attached hydrogen (secondary N) is 1. The minimum absolute atomic E-state index is 0.0483. The number of phenolic OH excluding ortho intramolecular Hbond substituents is 1. The van der Waals surface area contributed by atoms with E-state index < -0.39 is 23.3 Å². The van der Waals surface area contributed by atoms with Crippen LogP contribution in [-0.2, 0) is 20.7 Å². The van der Waals surface area contributed by atoms with Crippen molar-refractivity contribution in [1.29, 1.82) is 0 Å². The standard InChI is InChI=1S/C37H43F3N6O5/c1-36(42-22-47)16-24(38)18-46(19-36)34-28-17-41-32(27-15-25(48)14-23-5-6-29(39)26(30(23)27)4-3-11-49-2)31(40)33(28)43-35(44-34)51-21-37(7-8-37)20-45-9-12-50-13-10-45/h5-6,14-15,17,22,24,48H,3-4,7-13,16,18-21H2,1-2H3,(H,42,47). The molecule has 4 aromatic rings. The molecule has 1 amide bonds. The Morgan fingerprint density at radius 2 is 1.98 bits per heavy atom. The number of pyridine rings is 1. The first kappa shape index (κ1) is 35.1. The van der Waals surface area contributed by atoms with Crippen molar-refractivity contribution < 1.29 is 37.3 Å². The molecule has 3 fully saturated rings. The van der Waals surface area contributed by atoms with Gasteiger partial charge < -0.3 is 29.5 Å². The van der Waals surface area contributed by atoms with Gasteiger partial charge in [0.15, 0.2) is 5.82 Å². The van der Waals surface area contributed by atoms with E-state index in [2.05, 4.69) is 20.2 Å². The Kier molecular flexibility index (Phi) is 9.92. The highest BCUT2D eigenvalue weighted by molar-refractivity contribution is 6.01. The van der Waals surface area contributed by atoms with Gasteiger partial charge in [-0.15, -0.1) is 0 Å². The molecule has 2 saturated heterocycles. The molecule has 2 N–H and O–H groups in total. The van der Waals surface area contributed by atoms with Crippen molar-refractivity contribution >= 4 is 33.9 Å². The molecule has 272 valence electrons. The number of aromatic hydroxyl groups is 1. The summed E-state index contributed by atoms with van der Waals surface area (Å²) in [5.41, 5.74) is -0.707. The van der Waals surface area contributed by atoms with E-state index >= 15 is 13.2 Å².